The third-order valence-electron chi connectivity index (χ3n) is 3.28. The fraction of sp³-hybridized carbons (Fsp3) is 0.467. The monoisotopic (exact) mass is 275 g/mol. The summed E-state index contributed by atoms with van der Waals surface area (Å²) in [5.74, 6) is 2.32. The van der Waals surface area contributed by atoms with Crippen molar-refractivity contribution in [2.75, 3.05) is 14.2 Å². The molecule has 0 spiro atoms. The molecule has 0 aliphatic rings. The molecule has 0 radical (unpaired) electrons. The molecule has 1 N–H and O–H groups in total. The van der Waals surface area contributed by atoms with Crippen molar-refractivity contribution in [3.05, 3.63) is 41.5 Å². The third-order valence-corrected chi connectivity index (χ3v) is 3.28. The van der Waals surface area contributed by atoms with E-state index in [1.54, 1.807) is 7.11 Å². The number of rotatable bonds is 7. The maximum Gasteiger partial charge on any atom is 0.226 e. The molecule has 1 atom stereocenters. The third kappa shape index (κ3) is 4.06. The molecule has 20 heavy (non-hydrogen) atoms. The van der Waals surface area contributed by atoms with E-state index >= 15 is 0 Å². The van der Waals surface area contributed by atoms with E-state index in [9.17, 15) is 0 Å². The highest BCUT2D eigenvalue weighted by Crippen LogP contribution is 2.13. The lowest BCUT2D eigenvalue weighted by molar-refractivity contribution is 0.371. The van der Waals surface area contributed by atoms with Crippen LogP contribution in [0.5, 0.6) is 5.75 Å². The number of nitrogens with one attached hydrogen (secondary N) is 1. The Hall–Kier alpha value is -1.88. The summed E-state index contributed by atoms with van der Waals surface area (Å²) in [5.41, 5.74) is 1.23. The van der Waals surface area contributed by atoms with Crippen LogP contribution in [0.3, 0.4) is 0 Å². The average Bonchev–Trinajstić information content (AvgIpc) is 2.93. The van der Waals surface area contributed by atoms with E-state index in [-0.39, 0.29) is 0 Å². The minimum absolute atomic E-state index is 0.349. The van der Waals surface area contributed by atoms with E-state index in [1.165, 1.54) is 5.56 Å². The van der Waals surface area contributed by atoms with Gasteiger partial charge in [-0.15, -0.1) is 0 Å². The molecular formula is C15H21N3O2. The van der Waals surface area contributed by atoms with Gasteiger partial charge in [-0.25, -0.2) is 0 Å². The number of methoxy groups -OCH3 is 1. The Kier molecular flexibility index (Phi) is 5.12. The van der Waals surface area contributed by atoms with Crippen LogP contribution < -0.4 is 10.1 Å². The number of aromatic nitrogens is 2. The molecule has 1 aromatic carbocycles. The number of benzene rings is 1. The number of aryl methyl sites for hydroxylation is 2. The van der Waals surface area contributed by atoms with Crippen LogP contribution >= 0.6 is 0 Å². The van der Waals surface area contributed by atoms with Gasteiger partial charge >= 0.3 is 0 Å². The van der Waals surface area contributed by atoms with Crippen LogP contribution in [0.15, 0.2) is 28.8 Å². The number of hydrogen-bond acceptors (Lipinski definition) is 5. The van der Waals surface area contributed by atoms with Crippen LogP contribution in [0.25, 0.3) is 0 Å². The quantitative estimate of drug-likeness (QED) is 0.837. The van der Waals surface area contributed by atoms with Crippen molar-refractivity contribution in [2.24, 2.45) is 0 Å². The second-order valence-electron chi connectivity index (χ2n) is 4.85. The van der Waals surface area contributed by atoms with Gasteiger partial charge in [-0.1, -0.05) is 17.3 Å². The summed E-state index contributed by atoms with van der Waals surface area (Å²) in [6, 6.07) is 8.38. The normalized spacial score (nSPS) is 12.3. The van der Waals surface area contributed by atoms with Crippen LogP contribution in [-0.4, -0.2) is 30.3 Å². The summed E-state index contributed by atoms with van der Waals surface area (Å²) >= 11 is 0. The second kappa shape index (κ2) is 7.05. The topological polar surface area (TPSA) is 60.2 Å². The van der Waals surface area contributed by atoms with E-state index in [2.05, 4.69) is 34.5 Å². The van der Waals surface area contributed by atoms with E-state index in [0.29, 0.717) is 11.9 Å². The van der Waals surface area contributed by atoms with Crippen LogP contribution in [0.2, 0.25) is 0 Å². The minimum Gasteiger partial charge on any atom is -0.497 e. The summed E-state index contributed by atoms with van der Waals surface area (Å²) in [6.07, 6.45) is 2.42. The van der Waals surface area contributed by atoms with Gasteiger partial charge < -0.3 is 14.6 Å². The highest BCUT2D eigenvalue weighted by atomic mass is 16.5. The molecule has 0 aliphatic heterocycles. The van der Waals surface area contributed by atoms with Gasteiger partial charge in [-0.2, -0.15) is 4.98 Å². The molecule has 0 amide bonds. The van der Waals surface area contributed by atoms with Crippen molar-refractivity contribution < 1.29 is 9.26 Å². The smallest absolute Gasteiger partial charge is 0.226 e. The van der Waals surface area contributed by atoms with Crippen LogP contribution in [0.4, 0.5) is 0 Å². The Labute approximate surface area is 119 Å². The van der Waals surface area contributed by atoms with Crippen molar-refractivity contribution in [3.8, 4) is 5.75 Å². The molecule has 1 heterocycles. The van der Waals surface area contributed by atoms with E-state index < -0.39 is 0 Å². The van der Waals surface area contributed by atoms with Gasteiger partial charge in [-0.3, -0.25) is 0 Å². The maximum atomic E-state index is 5.26. The molecule has 0 fully saturated rings. The Morgan fingerprint density at radius 3 is 2.65 bits per heavy atom. The number of hydrogen-bond donors (Lipinski definition) is 1. The van der Waals surface area contributed by atoms with Crippen LogP contribution in [0.1, 0.15) is 24.2 Å². The van der Waals surface area contributed by atoms with Gasteiger partial charge in [0.05, 0.1) is 7.11 Å². The van der Waals surface area contributed by atoms with Crippen molar-refractivity contribution in [2.45, 2.75) is 32.2 Å². The molecule has 1 aromatic heterocycles. The second-order valence-corrected chi connectivity index (χ2v) is 4.85. The highest BCUT2D eigenvalue weighted by molar-refractivity contribution is 5.27. The zero-order valence-corrected chi connectivity index (χ0v) is 12.2. The summed E-state index contributed by atoms with van der Waals surface area (Å²) < 4.78 is 10.4. The predicted octanol–water partition coefficient (Wildman–Crippen LogP) is 2.01. The lowest BCUT2D eigenvalue weighted by Crippen LogP contribution is -2.24. The molecule has 2 rings (SSSR count). The van der Waals surface area contributed by atoms with Crippen LogP contribution in [0, 0.1) is 0 Å². The molecule has 1 unspecified atom stereocenters. The van der Waals surface area contributed by atoms with Gasteiger partial charge in [0.2, 0.25) is 5.89 Å². The first-order valence-electron chi connectivity index (χ1n) is 6.83. The van der Waals surface area contributed by atoms with E-state index in [4.69, 9.17) is 9.26 Å². The van der Waals surface area contributed by atoms with Gasteiger partial charge in [0.15, 0.2) is 5.82 Å². The van der Waals surface area contributed by atoms with Crippen molar-refractivity contribution in [3.63, 3.8) is 0 Å². The predicted molar refractivity (Wildman–Crippen MR) is 76.9 cm³/mol. The lowest BCUT2D eigenvalue weighted by atomic mass is 10.1. The molecule has 0 saturated carbocycles. The average molecular weight is 275 g/mol. The summed E-state index contributed by atoms with van der Waals surface area (Å²) in [5, 5.41) is 7.16. The van der Waals surface area contributed by atoms with Crippen molar-refractivity contribution >= 4 is 0 Å². The molecule has 108 valence electrons. The molecular weight excluding hydrogens is 254 g/mol. The fourth-order valence-electron chi connectivity index (χ4n) is 1.89. The van der Waals surface area contributed by atoms with E-state index in [1.807, 2.05) is 19.2 Å². The fourth-order valence-corrected chi connectivity index (χ4v) is 1.89. The Bertz CT molecular complexity index is 522. The maximum absolute atomic E-state index is 5.26. The van der Waals surface area contributed by atoms with Gasteiger partial charge in [0.25, 0.3) is 0 Å². The summed E-state index contributed by atoms with van der Waals surface area (Å²) in [6.45, 7) is 2.09. The van der Waals surface area contributed by atoms with E-state index in [0.717, 1.165) is 30.8 Å². The first-order chi connectivity index (χ1) is 9.71. The first-order valence-corrected chi connectivity index (χ1v) is 6.83. The zero-order chi connectivity index (χ0) is 14.4. The standard InChI is InChI=1S/C15H21N3O2/c1-11(16-2)10-14-17-15(20-18-14)9-6-12-4-7-13(19-3)8-5-12/h4-5,7-8,11,16H,6,9-10H2,1-3H3. The number of likely N-dealkylation sites (N-methyl/N-ethyl adjacent to an activating group) is 1. The summed E-state index contributed by atoms with van der Waals surface area (Å²) in [7, 11) is 3.59. The van der Waals surface area contributed by atoms with Gasteiger partial charge in [0, 0.05) is 18.9 Å². The highest BCUT2D eigenvalue weighted by Gasteiger charge is 2.09. The molecule has 0 bridgehead atoms. The minimum atomic E-state index is 0.349. The SMILES string of the molecule is CNC(C)Cc1noc(CCc2ccc(OC)cc2)n1. The van der Waals surface area contributed by atoms with Crippen molar-refractivity contribution in [1.29, 1.82) is 0 Å². The first kappa shape index (κ1) is 14.5. The summed E-state index contributed by atoms with van der Waals surface area (Å²) in [4.78, 5) is 4.40. The largest absolute Gasteiger partial charge is 0.497 e. The zero-order valence-electron chi connectivity index (χ0n) is 12.2. The lowest BCUT2D eigenvalue weighted by Gasteiger charge is -2.04. The molecule has 5 nitrogen and oxygen atoms in total. The Morgan fingerprint density at radius 2 is 2.00 bits per heavy atom. The van der Waals surface area contributed by atoms with Crippen LogP contribution in [-0.2, 0) is 19.3 Å². The molecule has 5 heteroatoms. The number of ether oxygens (including phenoxy) is 1. The van der Waals surface area contributed by atoms with Crippen molar-refractivity contribution in [1.82, 2.24) is 15.5 Å². The van der Waals surface area contributed by atoms with Gasteiger partial charge in [0.1, 0.15) is 5.75 Å². The molecule has 0 saturated heterocycles. The molecule has 2 aromatic rings. The Balaban J connectivity index is 1.87. The Morgan fingerprint density at radius 1 is 1.25 bits per heavy atom. The molecule has 0 aliphatic carbocycles. The van der Waals surface area contributed by atoms with Gasteiger partial charge in [-0.05, 0) is 38.1 Å². The number of nitrogens with zero attached hydrogens (tertiary/aromatic N) is 2.